The fraction of sp³-hybridized carbons (Fsp3) is 0.952. The molecule has 0 aromatic heterocycles. The van der Waals surface area contributed by atoms with E-state index in [1.54, 1.807) is 0 Å². The smallest absolute Gasteiger partial charge is 0.194 e. The Kier molecular flexibility index (Phi) is 9.60. The zero-order valence-corrected chi connectivity index (χ0v) is 16.4. The Bertz CT molecular complexity index is 323. The summed E-state index contributed by atoms with van der Waals surface area (Å²) in [5.74, 6) is 1.25. The van der Waals surface area contributed by atoms with Gasteiger partial charge in [-0.15, -0.1) is 0 Å². The van der Waals surface area contributed by atoms with Crippen molar-refractivity contribution < 1.29 is 0 Å². The van der Waals surface area contributed by atoms with E-state index in [1.807, 2.05) is 0 Å². The molecule has 0 radical (unpaired) electrons. The summed E-state index contributed by atoms with van der Waals surface area (Å²) in [5.41, 5.74) is 0. The highest BCUT2D eigenvalue weighted by Gasteiger charge is 2.31. The van der Waals surface area contributed by atoms with Crippen LogP contribution in [0.25, 0.3) is 0 Å². The van der Waals surface area contributed by atoms with E-state index in [1.165, 1.54) is 95.9 Å². The average Bonchev–Trinajstić information content (AvgIpc) is 2.64. The maximum atomic E-state index is 5.07. The normalized spacial score (nSPS) is 21.0. The molecule has 0 saturated heterocycles. The van der Waals surface area contributed by atoms with Gasteiger partial charge in [0.2, 0.25) is 0 Å². The quantitative estimate of drug-likeness (QED) is 0.360. The van der Waals surface area contributed by atoms with E-state index in [0.717, 1.165) is 25.2 Å². The predicted octanol–water partition coefficient (Wildman–Crippen LogP) is 5.50. The van der Waals surface area contributed by atoms with E-state index in [0.29, 0.717) is 0 Å². The number of hydrogen-bond donors (Lipinski definition) is 1. The first kappa shape index (κ1) is 19.6. The molecule has 0 amide bonds. The van der Waals surface area contributed by atoms with Crippen LogP contribution in [0.15, 0.2) is 4.99 Å². The van der Waals surface area contributed by atoms with Crippen molar-refractivity contribution in [3.05, 3.63) is 0 Å². The lowest BCUT2D eigenvalue weighted by molar-refractivity contribution is 0.152. The number of nitrogens with one attached hydrogen (secondary N) is 1. The van der Waals surface area contributed by atoms with Gasteiger partial charge in [0.15, 0.2) is 5.96 Å². The zero-order chi connectivity index (χ0) is 17.0. The Morgan fingerprint density at radius 2 is 1.38 bits per heavy atom. The number of rotatable bonds is 8. The minimum absolute atomic E-state index is 0.733. The summed E-state index contributed by atoms with van der Waals surface area (Å²) >= 11 is 0. The molecular weight excluding hydrogens is 294 g/mol. The first-order chi connectivity index (χ1) is 11.9. The maximum Gasteiger partial charge on any atom is 0.194 e. The zero-order valence-electron chi connectivity index (χ0n) is 16.4. The summed E-state index contributed by atoms with van der Waals surface area (Å²) in [4.78, 5) is 7.83. The van der Waals surface area contributed by atoms with Crippen molar-refractivity contribution in [2.45, 2.75) is 116 Å². The molecule has 0 bridgehead atoms. The Labute approximate surface area is 150 Å². The van der Waals surface area contributed by atoms with Crippen molar-refractivity contribution in [3.63, 3.8) is 0 Å². The van der Waals surface area contributed by atoms with Crippen molar-refractivity contribution in [1.82, 2.24) is 10.2 Å². The summed E-state index contributed by atoms with van der Waals surface area (Å²) in [7, 11) is 0. The molecule has 2 saturated carbocycles. The molecule has 0 spiro atoms. The maximum absolute atomic E-state index is 5.07. The standard InChI is InChI=1S/C21H41N3/c1-3-5-17-22-21(23-18-6-4-2)24(19-13-9-7-10-14-19)20-15-11-8-12-16-20/h19-20H,3-18H2,1-2H3,(H,22,23). The molecule has 3 nitrogen and oxygen atoms in total. The van der Waals surface area contributed by atoms with Gasteiger partial charge in [0.1, 0.15) is 0 Å². The fourth-order valence-corrected chi connectivity index (χ4v) is 4.31. The van der Waals surface area contributed by atoms with Gasteiger partial charge in [0.25, 0.3) is 0 Å². The van der Waals surface area contributed by atoms with Crippen molar-refractivity contribution in [1.29, 1.82) is 0 Å². The molecule has 2 fully saturated rings. The molecule has 2 rings (SSSR count). The van der Waals surface area contributed by atoms with Crippen LogP contribution in [0, 0.1) is 0 Å². The topological polar surface area (TPSA) is 27.6 Å². The van der Waals surface area contributed by atoms with E-state index in [9.17, 15) is 0 Å². The summed E-state index contributed by atoms with van der Waals surface area (Å²) < 4.78 is 0. The molecule has 140 valence electrons. The monoisotopic (exact) mass is 335 g/mol. The molecule has 0 heterocycles. The predicted molar refractivity (Wildman–Crippen MR) is 106 cm³/mol. The summed E-state index contributed by atoms with van der Waals surface area (Å²) in [5, 5.41) is 3.75. The van der Waals surface area contributed by atoms with Crippen LogP contribution in [0.4, 0.5) is 0 Å². The van der Waals surface area contributed by atoms with Crippen LogP contribution in [0.2, 0.25) is 0 Å². The summed E-state index contributed by atoms with van der Waals surface area (Å²) in [6, 6.07) is 1.47. The Balaban J connectivity index is 2.11. The summed E-state index contributed by atoms with van der Waals surface area (Å²) in [6.07, 6.45) is 18.9. The van der Waals surface area contributed by atoms with Gasteiger partial charge < -0.3 is 10.2 Å². The molecule has 24 heavy (non-hydrogen) atoms. The van der Waals surface area contributed by atoms with Crippen LogP contribution in [0.1, 0.15) is 104 Å². The van der Waals surface area contributed by atoms with Crippen molar-refractivity contribution in [3.8, 4) is 0 Å². The fourth-order valence-electron chi connectivity index (χ4n) is 4.31. The van der Waals surface area contributed by atoms with E-state index in [4.69, 9.17) is 4.99 Å². The second-order valence-electron chi connectivity index (χ2n) is 7.83. The molecule has 0 unspecified atom stereocenters. The molecular formula is C21H41N3. The van der Waals surface area contributed by atoms with Gasteiger partial charge in [-0.05, 0) is 38.5 Å². The largest absolute Gasteiger partial charge is 0.356 e. The number of nitrogens with zero attached hydrogens (tertiary/aromatic N) is 2. The van der Waals surface area contributed by atoms with Crippen LogP contribution in [0.3, 0.4) is 0 Å². The Morgan fingerprint density at radius 3 is 1.88 bits per heavy atom. The molecule has 0 atom stereocenters. The van der Waals surface area contributed by atoms with Gasteiger partial charge in [0, 0.05) is 25.2 Å². The first-order valence-corrected chi connectivity index (χ1v) is 10.9. The third-order valence-corrected chi connectivity index (χ3v) is 5.77. The molecule has 3 heteroatoms. The third-order valence-electron chi connectivity index (χ3n) is 5.77. The van der Waals surface area contributed by atoms with Gasteiger partial charge in [-0.1, -0.05) is 65.2 Å². The second kappa shape index (κ2) is 11.8. The Hall–Kier alpha value is -0.730. The number of guanidine groups is 1. The van der Waals surface area contributed by atoms with Gasteiger partial charge in [-0.25, -0.2) is 0 Å². The van der Waals surface area contributed by atoms with E-state index < -0.39 is 0 Å². The van der Waals surface area contributed by atoms with Crippen LogP contribution in [0.5, 0.6) is 0 Å². The van der Waals surface area contributed by atoms with Gasteiger partial charge in [0.05, 0.1) is 0 Å². The lowest BCUT2D eigenvalue weighted by atomic mass is 9.89. The SMILES string of the molecule is CCCCN=C(NCCCC)N(C1CCCCC1)C1CCCCC1. The number of aliphatic imine (C=N–C) groups is 1. The molecule has 0 aliphatic heterocycles. The highest BCUT2D eigenvalue weighted by molar-refractivity contribution is 5.80. The van der Waals surface area contributed by atoms with Gasteiger partial charge in [-0.3, -0.25) is 4.99 Å². The molecule has 2 aliphatic rings. The molecule has 0 aromatic carbocycles. The highest BCUT2D eigenvalue weighted by atomic mass is 15.3. The lowest BCUT2D eigenvalue weighted by Gasteiger charge is -2.43. The minimum Gasteiger partial charge on any atom is -0.356 e. The number of unbranched alkanes of at least 4 members (excludes halogenated alkanes) is 2. The Morgan fingerprint density at radius 1 is 0.833 bits per heavy atom. The summed E-state index contributed by atoms with van der Waals surface area (Å²) in [6.45, 7) is 6.60. The third kappa shape index (κ3) is 6.29. The number of hydrogen-bond acceptors (Lipinski definition) is 1. The molecule has 1 N–H and O–H groups in total. The van der Waals surface area contributed by atoms with Crippen molar-refractivity contribution in [2.24, 2.45) is 4.99 Å². The molecule has 0 aromatic rings. The second-order valence-corrected chi connectivity index (χ2v) is 7.83. The van der Waals surface area contributed by atoms with Crippen LogP contribution in [-0.2, 0) is 0 Å². The molecule has 2 aliphatic carbocycles. The van der Waals surface area contributed by atoms with Crippen molar-refractivity contribution in [2.75, 3.05) is 13.1 Å². The van der Waals surface area contributed by atoms with E-state index in [2.05, 4.69) is 24.1 Å². The van der Waals surface area contributed by atoms with Gasteiger partial charge >= 0.3 is 0 Å². The van der Waals surface area contributed by atoms with E-state index in [-0.39, 0.29) is 0 Å². The van der Waals surface area contributed by atoms with E-state index >= 15 is 0 Å². The highest BCUT2D eigenvalue weighted by Crippen LogP contribution is 2.30. The van der Waals surface area contributed by atoms with Crippen molar-refractivity contribution >= 4 is 5.96 Å². The lowest BCUT2D eigenvalue weighted by Crippen LogP contribution is -2.53. The van der Waals surface area contributed by atoms with Crippen LogP contribution >= 0.6 is 0 Å². The van der Waals surface area contributed by atoms with Crippen LogP contribution < -0.4 is 5.32 Å². The van der Waals surface area contributed by atoms with Gasteiger partial charge in [-0.2, -0.15) is 0 Å². The minimum atomic E-state index is 0.733. The van der Waals surface area contributed by atoms with Crippen LogP contribution in [-0.4, -0.2) is 36.0 Å². The average molecular weight is 336 g/mol. The first-order valence-electron chi connectivity index (χ1n) is 10.9.